The molecule has 0 aliphatic heterocycles. The number of anilines is 1. The summed E-state index contributed by atoms with van der Waals surface area (Å²) in [5.74, 6) is -0.413. The second kappa shape index (κ2) is 6.08. The maximum atomic E-state index is 11.7. The summed E-state index contributed by atoms with van der Waals surface area (Å²) in [6, 6.07) is 7.87. The standard InChI is InChI=1S/C16H16ClNO2S/c1-20-16(19)12-9-10(5-6-13(12)17)18-14-3-2-4-15-11(14)7-8-21-15/h5-9,14,18H,2-4H2,1H3. The van der Waals surface area contributed by atoms with Gasteiger partial charge in [-0.15, -0.1) is 11.3 Å². The molecule has 0 saturated heterocycles. The molecule has 0 fully saturated rings. The Morgan fingerprint density at radius 3 is 3.10 bits per heavy atom. The summed E-state index contributed by atoms with van der Waals surface area (Å²) in [6.45, 7) is 0. The van der Waals surface area contributed by atoms with E-state index >= 15 is 0 Å². The van der Waals surface area contributed by atoms with Gasteiger partial charge in [0.15, 0.2) is 0 Å². The minimum Gasteiger partial charge on any atom is -0.465 e. The van der Waals surface area contributed by atoms with Crippen LogP contribution in [0.5, 0.6) is 0 Å². The molecule has 0 amide bonds. The third-order valence-corrected chi connectivity index (χ3v) is 5.09. The number of aryl methyl sites for hydroxylation is 1. The zero-order valence-corrected chi connectivity index (χ0v) is 13.3. The van der Waals surface area contributed by atoms with E-state index in [2.05, 4.69) is 16.8 Å². The van der Waals surface area contributed by atoms with Crippen molar-refractivity contribution in [1.82, 2.24) is 0 Å². The summed E-state index contributed by atoms with van der Waals surface area (Å²) >= 11 is 7.87. The maximum absolute atomic E-state index is 11.7. The van der Waals surface area contributed by atoms with Crippen LogP contribution < -0.4 is 5.32 Å². The van der Waals surface area contributed by atoms with Crippen LogP contribution in [-0.4, -0.2) is 13.1 Å². The summed E-state index contributed by atoms with van der Waals surface area (Å²) in [7, 11) is 1.36. The molecular formula is C16H16ClNO2S. The average Bonchev–Trinajstić information content (AvgIpc) is 2.98. The number of nitrogens with one attached hydrogen (secondary N) is 1. The lowest BCUT2D eigenvalue weighted by atomic mass is 9.94. The van der Waals surface area contributed by atoms with Crippen molar-refractivity contribution in [1.29, 1.82) is 0 Å². The van der Waals surface area contributed by atoms with E-state index < -0.39 is 5.97 Å². The molecular weight excluding hydrogens is 306 g/mol. The lowest BCUT2D eigenvalue weighted by Gasteiger charge is -2.25. The summed E-state index contributed by atoms with van der Waals surface area (Å²) in [6.07, 6.45) is 3.45. The van der Waals surface area contributed by atoms with Crippen molar-refractivity contribution < 1.29 is 9.53 Å². The third-order valence-electron chi connectivity index (χ3n) is 3.76. The van der Waals surface area contributed by atoms with E-state index in [4.69, 9.17) is 16.3 Å². The van der Waals surface area contributed by atoms with Crippen LogP contribution in [0.4, 0.5) is 5.69 Å². The largest absolute Gasteiger partial charge is 0.465 e. The topological polar surface area (TPSA) is 38.3 Å². The normalized spacial score (nSPS) is 17.1. The minimum absolute atomic E-state index is 0.298. The van der Waals surface area contributed by atoms with Gasteiger partial charge in [-0.05, 0) is 54.5 Å². The van der Waals surface area contributed by atoms with Gasteiger partial charge in [-0.3, -0.25) is 0 Å². The number of thiophene rings is 1. The molecule has 2 aromatic rings. The lowest BCUT2D eigenvalue weighted by molar-refractivity contribution is 0.0601. The molecule has 0 bridgehead atoms. The van der Waals surface area contributed by atoms with Crippen molar-refractivity contribution >= 4 is 34.6 Å². The van der Waals surface area contributed by atoms with E-state index in [0.29, 0.717) is 16.6 Å². The summed E-state index contributed by atoms with van der Waals surface area (Å²) in [5.41, 5.74) is 2.66. The Morgan fingerprint density at radius 1 is 1.43 bits per heavy atom. The highest BCUT2D eigenvalue weighted by Gasteiger charge is 2.21. The molecule has 1 heterocycles. The quantitative estimate of drug-likeness (QED) is 0.834. The number of hydrogen-bond acceptors (Lipinski definition) is 4. The van der Waals surface area contributed by atoms with Gasteiger partial charge in [0, 0.05) is 10.6 Å². The highest BCUT2D eigenvalue weighted by Crippen LogP contribution is 2.36. The van der Waals surface area contributed by atoms with Crippen LogP contribution >= 0.6 is 22.9 Å². The van der Waals surface area contributed by atoms with Gasteiger partial charge in [0.25, 0.3) is 0 Å². The Hall–Kier alpha value is -1.52. The molecule has 1 aromatic heterocycles. The highest BCUT2D eigenvalue weighted by molar-refractivity contribution is 7.10. The summed E-state index contributed by atoms with van der Waals surface area (Å²) in [4.78, 5) is 13.2. The fourth-order valence-corrected chi connectivity index (χ4v) is 3.90. The molecule has 0 spiro atoms. The summed E-state index contributed by atoms with van der Waals surface area (Å²) in [5, 5.41) is 6.06. The first-order valence-corrected chi connectivity index (χ1v) is 8.15. The van der Waals surface area contributed by atoms with Crippen LogP contribution in [0.1, 0.15) is 39.7 Å². The molecule has 0 saturated carbocycles. The molecule has 3 nitrogen and oxygen atoms in total. The number of methoxy groups -OCH3 is 1. The van der Waals surface area contributed by atoms with Gasteiger partial charge in [0.1, 0.15) is 0 Å². The predicted octanol–water partition coefficient (Wildman–Crippen LogP) is 4.68. The molecule has 1 unspecified atom stereocenters. The molecule has 21 heavy (non-hydrogen) atoms. The van der Waals surface area contributed by atoms with Crippen molar-refractivity contribution in [2.45, 2.75) is 25.3 Å². The average molecular weight is 322 g/mol. The van der Waals surface area contributed by atoms with Gasteiger partial charge in [-0.25, -0.2) is 4.79 Å². The van der Waals surface area contributed by atoms with Gasteiger partial charge >= 0.3 is 5.97 Å². The van der Waals surface area contributed by atoms with Crippen molar-refractivity contribution in [3.05, 3.63) is 50.7 Å². The van der Waals surface area contributed by atoms with Gasteiger partial charge < -0.3 is 10.1 Å². The van der Waals surface area contributed by atoms with Crippen molar-refractivity contribution in [3.63, 3.8) is 0 Å². The monoisotopic (exact) mass is 321 g/mol. The molecule has 3 rings (SSSR count). The first-order chi connectivity index (χ1) is 10.2. The number of fused-ring (bicyclic) bond motifs is 1. The van der Waals surface area contributed by atoms with Crippen LogP contribution in [0.2, 0.25) is 5.02 Å². The van der Waals surface area contributed by atoms with E-state index in [1.807, 2.05) is 17.4 Å². The zero-order valence-electron chi connectivity index (χ0n) is 11.7. The van der Waals surface area contributed by atoms with E-state index in [0.717, 1.165) is 12.1 Å². The van der Waals surface area contributed by atoms with Gasteiger partial charge in [0.05, 0.1) is 23.7 Å². The molecule has 1 aliphatic rings. The van der Waals surface area contributed by atoms with E-state index in [9.17, 15) is 4.79 Å². The number of benzene rings is 1. The first kappa shape index (κ1) is 14.4. The lowest BCUT2D eigenvalue weighted by Crippen LogP contribution is -2.16. The fourth-order valence-electron chi connectivity index (χ4n) is 2.72. The number of hydrogen-bond donors (Lipinski definition) is 1. The van der Waals surface area contributed by atoms with Crippen molar-refractivity contribution in [3.8, 4) is 0 Å². The first-order valence-electron chi connectivity index (χ1n) is 6.89. The van der Waals surface area contributed by atoms with E-state index in [1.165, 1.54) is 30.4 Å². The van der Waals surface area contributed by atoms with Gasteiger partial charge in [0.2, 0.25) is 0 Å². The van der Waals surface area contributed by atoms with Crippen LogP contribution in [0.15, 0.2) is 29.6 Å². The third kappa shape index (κ3) is 2.92. The number of rotatable bonds is 3. The van der Waals surface area contributed by atoms with Crippen LogP contribution in [0.25, 0.3) is 0 Å². The zero-order chi connectivity index (χ0) is 14.8. The van der Waals surface area contributed by atoms with E-state index in [1.54, 1.807) is 12.1 Å². The number of ether oxygens (including phenoxy) is 1. The fraction of sp³-hybridized carbons (Fsp3) is 0.312. The van der Waals surface area contributed by atoms with Crippen molar-refractivity contribution in [2.75, 3.05) is 12.4 Å². The summed E-state index contributed by atoms with van der Waals surface area (Å²) < 4.78 is 4.76. The Balaban J connectivity index is 1.85. The van der Waals surface area contributed by atoms with E-state index in [-0.39, 0.29) is 0 Å². The van der Waals surface area contributed by atoms with Crippen molar-refractivity contribution in [2.24, 2.45) is 0 Å². The van der Waals surface area contributed by atoms with Crippen LogP contribution in [-0.2, 0) is 11.2 Å². The highest BCUT2D eigenvalue weighted by atomic mass is 35.5. The molecule has 0 radical (unpaired) electrons. The van der Waals surface area contributed by atoms with Crippen LogP contribution in [0.3, 0.4) is 0 Å². The number of halogens is 1. The molecule has 110 valence electrons. The maximum Gasteiger partial charge on any atom is 0.339 e. The predicted molar refractivity (Wildman–Crippen MR) is 86.4 cm³/mol. The number of esters is 1. The molecule has 1 aliphatic carbocycles. The molecule has 1 N–H and O–H groups in total. The Morgan fingerprint density at radius 2 is 2.29 bits per heavy atom. The van der Waals surface area contributed by atoms with Gasteiger partial charge in [-0.2, -0.15) is 0 Å². The Kier molecular flexibility index (Phi) is 4.17. The SMILES string of the molecule is COC(=O)c1cc(NC2CCCc3sccc32)ccc1Cl. The molecule has 5 heteroatoms. The Labute approximate surface area is 132 Å². The second-order valence-electron chi connectivity index (χ2n) is 5.07. The molecule has 1 aromatic carbocycles. The minimum atomic E-state index is -0.413. The van der Waals surface area contributed by atoms with Gasteiger partial charge in [-0.1, -0.05) is 11.6 Å². The van der Waals surface area contributed by atoms with Crippen LogP contribution in [0, 0.1) is 0 Å². The number of carbonyl (C=O) groups excluding carboxylic acids is 1. The smallest absolute Gasteiger partial charge is 0.339 e. The number of carbonyl (C=O) groups is 1. The second-order valence-corrected chi connectivity index (χ2v) is 6.48. The molecule has 1 atom stereocenters. The Bertz CT molecular complexity index is 668.